The quantitative estimate of drug-likeness (QED) is 0.752. The predicted molar refractivity (Wildman–Crippen MR) is 97.7 cm³/mol. The zero-order valence-corrected chi connectivity index (χ0v) is 15.2. The van der Waals surface area contributed by atoms with Crippen LogP contribution in [0.25, 0.3) is 11.4 Å². The molecule has 0 saturated carbocycles. The minimum Gasteiger partial charge on any atom is -0.497 e. The van der Waals surface area contributed by atoms with Gasteiger partial charge < -0.3 is 15.4 Å². The Morgan fingerprint density at radius 1 is 1.36 bits per heavy atom. The molecule has 1 aliphatic heterocycles. The van der Waals surface area contributed by atoms with E-state index in [0.717, 1.165) is 30.7 Å². The number of aromatic nitrogens is 3. The summed E-state index contributed by atoms with van der Waals surface area (Å²) in [5, 5.41) is 13.4. The lowest BCUT2D eigenvalue weighted by Gasteiger charge is -2.26. The van der Waals surface area contributed by atoms with E-state index in [1.165, 1.54) is 0 Å². The normalized spacial score (nSPS) is 19.8. The van der Waals surface area contributed by atoms with E-state index in [4.69, 9.17) is 4.74 Å². The predicted octanol–water partition coefficient (Wildman–Crippen LogP) is 1.91. The maximum Gasteiger partial charge on any atom is 0.223 e. The summed E-state index contributed by atoms with van der Waals surface area (Å²) in [5.41, 5.74) is 0.900. The van der Waals surface area contributed by atoms with Crippen molar-refractivity contribution in [3.05, 3.63) is 30.1 Å². The van der Waals surface area contributed by atoms with E-state index in [0.29, 0.717) is 24.2 Å². The highest BCUT2D eigenvalue weighted by Gasteiger charge is 2.24. The number of carbonyl (C=O) groups excluding carboxylic acids is 1. The third-order valence-corrected chi connectivity index (χ3v) is 4.30. The van der Waals surface area contributed by atoms with Crippen LogP contribution in [0, 0.1) is 5.92 Å². The molecule has 1 amide bonds. The SMILES string of the molecule is COc1ccc(-c2n[nH]c(CNC(=O)[C@H]3CCN[C@@H](C)C3)n2)cc1.Cl. The van der Waals surface area contributed by atoms with Gasteiger partial charge in [-0.3, -0.25) is 9.89 Å². The van der Waals surface area contributed by atoms with Crippen LogP contribution in [0.15, 0.2) is 24.3 Å². The molecule has 0 bridgehead atoms. The highest BCUT2D eigenvalue weighted by molar-refractivity contribution is 5.85. The number of hydrogen-bond acceptors (Lipinski definition) is 5. The fourth-order valence-corrected chi connectivity index (χ4v) is 2.93. The number of nitrogens with one attached hydrogen (secondary N) is 3. The highest BCUT2D eigenvalue weighted by Crippen LogP contribution is 2.19. The van der Waals surface area contributed by atoms with Crippen LogP contribution in [0.1, 0.15) is 25.6 Å². The molecule has 0 aliphatic carbocycles. The summed E-state index contributed by atoms with van der Waals surface area (Å²) in [4.78, 5) is 16.7. The number of methoxy groups -OCH3 is 1. The van der Waals surface area contributed by atoms with Gasteiger partial charge >= 0.3 is 0 Å². The lowest BCUT2D eigenvalue weighted by Crippen LogP contribution is -2.42. The van der Waals surface area contributed by atoms with Crippen molar-refractivity contribution in [1.82, 2.24) is 25.8 Å². The van der Waals surface area contributed by atoms with Crippen LogP contribution in [-0.4, -0.2) is 40.8 Å². The number of H-pyrrole nitrogens is 1. The minimum atomic E-state index is 0. The second kappa shape index (κ2) is 8.82. The summed E-state index contributed by atoms with van der Waals surface area (Å²) in [7, 11) is 1.63. The van der Waals surface area contributed by atoms with Crippen molar-refractivity contribution in [2.45, 2.75) is 32.4 Å². The molecule has 1 aromatic heterocycles. The molecule has 7 nitrogen and oxygen atoms in total. The molecule has 1 aromatic carbocycles. The summed E-state index contributed by atoms with van der Waals surface area (Å²) in [5.74, 6) is 2.21. The molecular weight excluding hydrogens is 342 g/mol. The number of benzene rings is 1. The van der Waals surface area contributed by atoms with Gasteiger partial charge in [0.15, 0.2) is 5.82 Å². The fourth-order valence-electron chi connectivity index (χ4n) is 2.93. The molecular formula is C17H24ClN5O2. The molecule has 1 fully saturated rings. The number of piperidine rings is 1. The molecule has 2 aromatic rings. The average Bonchev–Trinajstić information content (AvgIpc) is 3.09. The van der Waals surface area contributed by atoms with Crippen molar-refractivity contribution in [3.8, 4) is 17.1 Å². The number of halogens is 1. The third kappa shape index (κ3) is 4.93. The monoisotopic (exact) mass is 365 g/mol. The van der Waals surface area contributed by atoms with E-state index in [9.17, 15) is 4.79 Å². The van der Waals surface area contributed by atoms with Gasteiger partial charge in [0, 0.05) is 17.5 Å². The average molecular weight is 366 g/mol. The molecule has 0 unspecified atom stereocenters. The standard InChI is InChI=1S/C17H23N5O2.ClH/c1-11-9-13(7-8-18-11)17(23)19-10-15-20-16(22-21-15)12-3-5-14(24-2)6-4-12;/h3-6,11,13,18H,7-10H2,1-2H3,(H,19,23)(H,20,21,22);1H/t11-,13-;/m0./s1. The topological polar surface area (TPSA) is 91.9 Å². The fraction of sp³-hybridized carbons (Fsp3) is 0.471. The number of carbonyl (C=O) groups is 1. The van der Waals surface area contributed by atoms with Gasteiger partial charge in [-0.2, -0.15) is 5.10 Å². The van der Waals surface area contributed by atoms with Gasteiger partial charge in [-0.1, -0.05) is 0 Å². The van der Waals surface area contributed by atoms with Gasteiger partial charge in [-0.25, -0.2) is 4.98 Å². The minimum absolute atomic E-state index is 0. The smallest absolute Gasteiger partial charge is 0.223 e. The number of nitrogens with zero attached hydrogens (tertiary/aromatic N) is 2. The Morgan fingerprint density at radius 2 is 2.12 bits per heavy atom. The second-order valence-electron chi connectivity index (χ2n) is 6.13. The van der Waals surface area contributed by atoms with Crippen LogP contribution < -0.4 is 15.4 Å². The maximum atomic E-state index is 12.2. The summed E-state index contributed by atoms with van der Waals surface area (Å²) >= 11 is 0. The Balaban J connectivity index is 0.00000225. The number of amides is 1. The number of ether oxygens (including phenoxy) is 1. The molecule has 0 spiro atoms. The van der Waals surface area contributed by atoms with E-state index in [-0.39, 0.29) is 24.2 Å². The van der Waals surface area contributed by atoms with Crippen molar-refractivity contribution in [1.29, 1.82) is 0 Å². The summed E-state index contributed by atoms with van der Waals surface area (Å²) in [6.07, 6.45) is 1.75. The van der Waals surface area contributed by atoms with Crippen LogP contribution in [0.5, 0.6) is 5.75 Å². The molecule has 3 N–H and O–H groups in total. The Morgan fingerprint density at radius 3 is 2.80 bits per heavy atom. The van der Waals surface area contributed by atoms with Crippen LogP contribution in [0.4, 0.5) is 0 Å². The van der Waals surface area contributed by atoms with Crippen molar-refractivity contribution >= 4 is 18.3 Å². The van der Waals surface area contributed by atoms with Gasteiger partial charge in [-0.15, -0.1) is 12.4 Å². The maximum absolute atomic E-state index is 12.2. The molecule has 136 valence electrons. The van der Waals surface area contributed by atoms with Crippen LogP contribution in [0.3, 0.4) is 0 Å². The highest BCUT2D eigenvalue weighted by atomic mass is 35.5. The Bertz CT molecular complexity index is 689. The first-order valence-corrected chi connectivity index (χ1v) is 8.22. The molecule has 25 heavy (non-hydrogen) atoms. The molecule has 3 rings (SSSR count). The molecule has 1 aliphatic rings. The molecule has 8 heteroatoms. The summed E-state index contributed by atoms with van der Waals surface area (Å²) < 4.78 is 5.14. The summed E-state index contributed by atoms with van der Waals surface area (Å²) in [6.45, 7) is 3.36. The van der Waals surface area contributed by atoms with E-state index >= 15 is 0 Å². The molecule has 1 saturated heterocycles. The number of aromatic amines is 1. The molecule has 0 radical (unpaired) electrons. The third-order valence-electron chi connectivity index (χ3n) is 4.30. The van der Waals surface area contributed by atoms with Crippen molar-refractivity contribution in [2.24, 2.45) is 5.92 Å². The number of hydrogen-bond donors (Lipinski definition) is 3. The van der Waals surface area contributed by atoms with E-state index < -0.39 is 0 Å². The molecule has 2 heterocycles. The van der Waals surface area contributed by atoms with Gasteiger partial charge in [0.05, 0.1) is 13.7 Å². The van der Waals surface area contributed by atoms with Crippen LogP contribution in [-0.2, 0) is 11.3 Å². The van der Waals surface area contributed by atoms with Crippen molar-refractivity contribution < 1.29 is 9.53 Å². The second-order valence-corrected chi connectivity index (χ2v) is 6.13. The van der Waals surface area contributed by atoms with E-state index in [1.54, 1.807) is 7.11 Å². The lowest BCUT2D eigenvalue weighted by molar-refractivity contribution is -0.126. The Labute approximate surface area is 153 Å². The van der Waals surface area contributed by atoms with Crippen LogP contribution in [0.2, 0.25) is 0 Å². The first kappa shape index (κ1) is 19.2. The van der Waals surface area contributed by atoms with Crippen molar-refractivity contribution in [3.63, 3.8) is 0 Å². The summed E-state index contributed by atoms with van der Waals surface area (Å²) in [6, 6.07) is 7.93. The Kier molecular flexibility index (Phi) is 6.78. The van der Waals surface area contributed by atoms with Crippen molar-refractivity contribution in [2.75, 3.05) is 13.7 Å². The Hall–Kier alpha value is -2.12. The van der Waals surface area contributed by atoms with Gasteiger partial charge in [0.25, 0.3) is 0 Å². The van der Waals surface area contributed by atoms with Gasteiger partial charge in [-0.05, 0) is 50.6 Å². The first-order valence-electron chi connectivity index (χ1n) is 8.22. The van der Waals surface area contributed by atoms with Crippen LogP contribution >= 0.6 is 12.4 Å². The first-order chi connectivity index (χ1) is 11.7. The van der Waals surface area contributed by atoms with E-state index in [1.807, 2.05) is 24.3 Å². The molecule has 2 atom stereocenters. The largest absolute Gasteiger partial charge is 0.497 e. The lowest BCUT2D eigenvalue weighted by atomic mass is 9.92. The van der Waals surface area contributed by atoms with Gasteiger partial charge in [0.2, 0.25) is 5.91 Å². The zero-order chi connectivity index (χ0) is 16.9. The zero-order valence-electron chi connectivity index (χ0n) is 14.4. The van der Waals surface area contributed by atoms with E-state index in [2.05, 4.69) is 32.7 Å². The number of rotatable bonds is 5. The van der Waals surface area contributed by atoms with Gasteiger partial charge in [0.1, 0.15) is 11.6 Å².